The number of benzene rings is 1. The zero-order valence-corrected chi connectivity index (χ0v) is 17.7. The van der Waals surface area contributed by atoms with Crippen molar-refractivity contribution in [3.05, 3.63) is 24.3 Å². The number of hydrogen-bond acceptors (Lipinski definition) is 7. The maximum atomic E-state index is 12.8. The van der Waals surface area contributed by atoms with Gasteiger partial charge in [-0.2, -0.15) is 0 Å². The van der Waals surface area contributed by atoms with Crippen molar-refractivity contribution in [3.63, 3.8) is 0 Å². The molecule has 150 valence electrons. The number of piperidine rings is 1. The molecule has 1 aliphatic heterocycles. The molecular formula is C20H26N4O2S2. The molecule has 2 aromatic rings. The van der Waals surface area contributed by atoms with Crippen molar-refractivity contribution in [3.8, 4) is 5.75 Å². The summed E-state index contributed by atoms with van der Waals surface area (Å²) in [6, 6.07) is 8.14. The number of nitrogens with one attached hydrogen (secondary N) is 1. The number of carbonyl (C=O) groups is 1. The summed E-state index contributed by atoms with van der Waals surface area (Å²) < 4.78 is 5.99. The van der Waals surface area contributed by atoms with Crippen molar-refractivity contribution in [2.75, 3.05) is 24.7 Å². The lowest BCUT2D eigenvalue weighted by atomic mass is 9.78. The Hall–Kier alpha value is -1.80. The molecule has 1 saturated carbocycles. The van der Waals surface area contributed by atoms with Crippen LogP contribution in [0.3, 0.4) is 0 Å². The number of rotatable bonds is 6. The summed E-state index contributed by atoms with van der Waals surface area (Å²) in [6.45, 7) is 0.918. The Bertz CT molecular complexity index is 794. The summed E-state index contributed by atoms with van der Waals surface area (Å²) in [7, 11) is 1.65. The smallest absolute Gasteiger partial charge is 0.233 e. The van der Waals surface area contributed by atoms with Crippen LogP contribution in [0.5, 0.6) is 5.75 Å². The molecule has 0 radical (unpaired) electrons. The highest BCUT2D eigenvalue weighted by molar-refractivity contribution is 8.01. The van der Waals surface area contributed by atoms with E-state index in [4.69, 9.17) is 4.74 Å². The minimum Gasteiger partial charge on any atom is -0.497 e. The number of methoxy groups -OCH3 is 1. The Morgan fingerprint density at radius 3 is 2.82 bits per heavy atom. The summed E-state index contributed by atoms with van der Waals surface area (Å²) in [5, 5.41) is 12.4. The van der Waals surface area contributed by atoms with Crippen LogP contribution in [0, 0.1) is 5.92 Å². The zero-order valence-electron chi connectivity index (χ0n) is 16.1. The highest BCUT2D eigenvalue weighted by Gasteiger charge is 2.35. The quantitative estimate of drug-likeness (QED) is 0.694. The second-order valence-electron chi connectivity index (χ2n) is 7.36. The maximum absolute atomic E-state index is 12.8. The highest BCUT2D eigenvalue weighted by atomic mass is 32.2. The van der Waals surface area contributed by atoms with E-state index < -0.39 is 0 Å². The molecule has 2 aliphatic rings. The molecule has 2 fully saturated rings. The predicted molar refractivity (Wildman–Crippen MR) is 114 cm³/mol. The van der Waals surface area contributed by atoms with E-state index in [0.29, 0.717) is 11.8 Å². The lowest BCUT2D eigenvalue weighted by molar-refractivity contribution is -0.134. The van der Waals surface area contributed by atoms with E-state index in [1.54, 1.807) is 7.11 Å². The largest absolute Gasteiger partial charge is 0.497 e. The molecule has 0 unspecified atom stereocenters. The highest BCUT2D eigenvalue weighted by Crippen LogP contribution is 2.36. The molecule has 1 saturated heterocycles. The second kappa shape index (κ2) is 9.13. The summed E-state index contributed by atoms with van der Waals surface area (Å²) in [4.78, 5) is 15.0. The van der Waals surface area contributed by atoms with Crippen LogP contribution in [0.25, 0.3) is 0 Å². The number of aromatic nitrogens is 2. The molecule has 1 aromatic heterocycles. The lowest BCUT2D eigenvalue weighted by Gasteiger charge is -2.44. The Morgan fingerprint density at radius 1 is 1.21 bits per heavy atom. The van der Waals surface area contributed by atoms with Crippen LogP contribution in [0.15, 0.2) is 28.6 Å². The number of anilines is 2. The van der Waals surface area contributed by atoms with E-state index >= 15 is 0 Å². The number of nitrogens with zero attached hydrogens (tertiary/aromatic N) is 3. The monoisotopic (exact) mass is 418 g/mol. The number of hydrogen-bond donors (Lipinski definition) is 1. The van der Waals surface area contributed by atoms with Crippen LogP contribution in [0.4, 0.5) is 10.8 Å². The molecule has 2 heterocycles. The fraction of sp³-hybridized carbons (Fsp3) is 0.550. The number of likely N-dealkylation sites (tertiary alicyclic amines) is 1. The zero-order chi connectivity index (χ0) is 19.3. The van der Waals surface area contributed by atoms with E-state index in [2.05, 4.69) is 20.4 Å². The van der Waals surface area contributed by atoms with Gasteiger partial charge in [0.2, 0.25) is 11.0 Å². The molecule has 6 nitrogen and oxygen atoms in total. The summed E-state index contributed by atoms with van der Waals surface area (Å²) >= 11 is 2.97. The fourth-order valence-corrected chi connectivity index (χ4v) is 5.92. The first-order valence-corrected chi connectivity index (χ1v) is 11.7. The van der Waals surface area contributed by atoms with Gasteiger partial charge in [-0.05, 0) is 55.9 Å². The SMILES string of the molecule is COc1ccc(Nc2nnc(SCC(=O)N3CCC[C@@H]4CCCC[C@@H]43)s2)cc1. The minimum atomic E-state index is 0.251. The first-order chi connectivity index (χ1) is 13.7. The van der Waals surface area contributed by atoms with Crippen molar-refractivity contribution in [2.45, 2.75) is 48.9 Å². The average Bonchev–Trinajstić information content (AvgIpc) is 3.19. The van der Waals surface area contributed by atoms with Crippen LogP contribution in [0.1, 0.15) is 38.5 Å². The average molecular weight is 419 g/mol. The number of carbonyl (C=O) groups excluding carboxylic acids is 1. The van der Waals surface area contributed by atoms with Gasteiger partial charge < -0.3 is 15.0 Å². The third-order valence-corrected chi connectivity index (χ3v) is 7.59. The normalized spacial score (nSPS) is 21.8. The van der Waals surface area contributed by atoms with Gasteiger partial charge in [-0.1, -0.05) is 35.9 Å². The van der Waals surface area contributed by atoms with Gasteiger partial charge in [0.05, 0.1) is 12.9 Å². The van der Waals surface area contributed by atoms with Gasteiger partial charge in [-0.25, -0.2) is 0 Å². The Balaban J connectivity index is 1.30. The van der Waals surface area contributed by atoms with Crippen LogP contribution in [0.2, 0.25) is 0 Å². The third kappa shape index (κ3) is 4.60. The number of thioether (sulfide) groups is 1. The van der Waals surface area contributed by atoms with Gasteiger partial charge in [0.1, 0.15) is 5.75 Å². The number of fused-ring (bicyclic) bond motifs is 1. The molecule has 1 aliphatic carbocycles. The van der Waals surface area contributed by atoms with E-state index in [1.165, 1.54) is 55.2 Å². The minimum absolute atomic E-state index is 0.251. The van der Waals surface area contributed by atoms with E-state index in [-0.39, 0.29) is 5.91 Å². The van der Waals surface area contributed by atoms with Crippen molar-refractivity contribution < 1.29 is 9.53 Å². The van der Waals surface area contributed by atoms with E-state index in [9.17, 15) is 4.79 Å². The molecule has 1 amide bonds. The van der Waals surface area contributed by atoms with Gasteiger partial charge >= 0.3 is 0 Å². The molecule has 0 bridgehead atoms. The lowest BCUT2D eigenvalue weighted by Crippen LogP contribution is -2.50. The van der Waals surface area contributed by atoms with Crippen LogP contribution >= 0.6 is 23.1 Å². The van der Waals surface area contributed by atoms with Crippen molar-refractivity contribution in [2.24, 2.45) is 5.92 Å². The molecule has 4 rings (SSSR count). The first kappa shape index (κ1) is 19.5. The van der Waals surface area contributed by atoms with Crippen LogP contribution in [-0.4, -0.2) is 46.5 Å². The summed E-state index contributed by atoms with van der Waals surface area (Å²) in [5.74, 6) is 2.23. The van der Waals surface area contributed by atoms with Gasteiger partial charge in [0.25, 0.3) is 0 Å². The standard InChI is InChI=1S/C20H26N4O2S2/c1-26-16-10-8-15(9-11-16)21-19-22-23-20(28-19)27-13-18(25)24-12-4-6-14-5-2-3-7-17(14)24/h8-11,14,17H,2-7,12-13H2,1H3,(H,21,22)/t14-,17-/m0/s1. The molecule has 1 aromatic carbocycles. The van der Waals surface area contributed by atoms with Gasteiger partial charge in [0.15, 0.2) is 4.34 Å². The van der Waals surface area contributed by atoms with Crippen LogP contribution < -0.4 is 10.1 Å². The van der Waals surface area contributed by atoms with Gasteiger partial charge in [-0.15, -0.1) is 10.2 Å². The third-order valence-electron chi connectivity index (χ3n) is 5.63. The Kier molecular flexibility index (Phi) is 6.36. The van der Waals surface area contributed by atoms with Crippen molar-refractivity contribution in [1.29, 1.82) is 0 Å². The van der Waals surface area contributed by atoms with Gasteiger partial charge in [-0.3, -0.25) is 4.79 Å². The molecule has 28 heavy (non-hydrogen) atoms. The Labute approximate surface area is 174 Å². The first-order valence-electron chi connectivity index (χ1n) is 9.90. The second-order valence-corrected chi connectivity index (χ2v) is 9.56. The summed E-state index contributed by atoms with van der Waals surface area (Å²) in [5.41, 5.74) is 0.932. The molecule has 0 spiro atoms. The molecule has 1 N–H and O–H groups in total. The molecular weight excluding hydrogens is 392 g/mol. The topological polar surface area (TPSA) is 67.3 Å². The molecule has 8 heteroatoms. The van der Waals surface area contributed by atoms with Crippen LogP contribution in [-0.2, 0) is 4.79 Å². The van der Waals surface area contributed by atoms with Gasteiger partial charge in [0, 0.05) is 18.3 Å². The Morgan fingerprint density at radius 2 is 2.00 bits per heavy atom. The summed E-state index contributed by atoms with van der Waals surface area (Å²) in [6.07, 6.45) is 7.49. The predicted octanol–water partition coefficient (Wildman–Crippen LogP) is 4.56. The number of amides is 1. The van der Waals surface area contributed by atoms with Crippen molar-refractivity contribution in [1.82, 2.24) is 15.1 Å². The fourth-order valence-electron chi connectivity index (χ4n) is 4.26. The number of ether oxygens (including phenoxy) is 1. The van der Waals surface area contributed by atoms with Crippen molar-refractivity contribution >= 4 is 39.8 Å². The maximum Gasteiger partial charge on any atom is 0.233 e. The van der Waals surface area contributed by atoms with E-state index in [1.807, 2.05) is 24.3 Å². The van der Waals surface area contributed by atoms with E-state index in [0.717, 1.165) is 39.8 Å². The molecule has 2 atom stereocenters.